The van der Waals surface area contributed by atoms with Crippen molar-refractivity contribution in [1.29, 1.82) is 0 Å². The average molecular weight is 611 g/mol. The summed E-state index contributed by atoms with van der Waals surface area (Å²) in [5, 5.41) is 10.2. The number of nitrogens with one attached hydrogen (secondary N) is 4. The summed E-state index contributed by atoms with van der Waals surface area (Å²) in [6, 6.07) is 6.05. The van der Waals surface area contributed by atoms with Crippen molar-refractivity contribution < 1.29 is 28.0 Å². The zero-order valence-electron chi connectivity index (χ0n) is 25.3. The lowest BCUT2D eigenvalue weighted by molar-refractivity contribution is -0.143. The van der Waals surface area contributed by atoms with Gasteiger partial charge < -0.3 is 16.0 Å². The van der Waals surface area contributed by atoms with Crippen molar-refractivity contribution in [3.05, 3.63) is 59.8 Å². The van der Waals surface area contributed by atoms with Gasteiger partial charge in [0.25, 0.3) is 5.91 Å². The lowest BCUT2D eigenvalue weighted by Crippen LogP contribution is -2.61. The van der Waals surface area contributed by atoms with E-state index >= 15 is 0 Å². The second-order valence-corrected chi connectivity index (χ2v) is 11.6. The van der Waals surface area contributed by atoms with E-state index in [0.29, 0.717) is 30.6 Å². The molecule has 4 atom stereocenters. The van der Waals surface area contributed by atoms with Gasteiger partial charge in [0, 0.05) is 31.2 Å². The third-order valence-electron chi connectivity index (χ3n) is 7.80. The Morgan fingerprint density at radius 3 is 2.48 bits per heavy atom. The number of amides is 4. The molecular formula is C32H40F2N6O4. The first-order valence-electron chi connectivity index (χ1n) is 14.9. The van der Waals surface area contributed by atoms with E-state index in [1.54, 1.807) is 12.2 Å². The van der Waals surface area contributed by atoms with Crippen LogP contribution < -0.4 is 21.4 Å². The van der Waals surface area contributed by atoms with E-state index in [9.17, 15) is 28.0 Å². The van der Waals surface area contributed by atoms with E-state index in [4.69, 9.17) is 4.98 Å². The molecule has 0 unspecified atom stereocenters. The molecule has 0 radical (unpaired) electrons. The molecular weight excluding hydrogens is 570 g/mol. The van der Waals surface area contributed by atoms with E-state index in [-0.39, 0.29) is 17.9 Å². The molecule has 1 fully saturated rings. The topological polar surface area (TPSA) is 133 Å². The maximum atomic E-state index is 14.6. The molecule has 0 aliphatic carbocycles. The molecule has 4 amide bonds. The summed E-state index contributed by atoms with van der Waals surface area (Å²) >= 11 is 0. The van der Waals surface area contributed by atoms with Crippen molar-refractivity contribution in [1.82, 2.24) is 31.4 Å². The number of hydrazine groups is 1. The van der Waals surface area contributed by atoms with Crippen LogP contribution in [0.25, 0.3) is 17.0 Å². The zero-order valence-corrected chi connectivity index (χ0v) is 25.3. The number of benzene rings is 1. The number of nitrogens with zero attached hydrogens (tertiary/aromatic N) is 2. The molecule has 4 rings (SSSR count). The minimum atomic E-state index is -3.09. The molecule has 0 saturated carbocycles. The van der Waals surface area contributed by atoms with E-state index in [0.717, 1.165) is 10.9 Å². The van der Waals surface area contributed by atoms with Gasteiger partial charge in [0.1, 0.15) is 18.1 Å². The summed E-state index contributed by atoms with van der Waals surface area (Å²) in [7, 11) is 0. The van der Waals surface area contributed by atoms with E-state index in [1.807, 2.05) is 37.3 Å². The number of halogens is 2. The minimum Gasteiger partial charge on any atom is -0.347 e. The molecule has 3 heterocycles. The van der Waals surface area contributed by atoms with Gasteiger partial charge in [0.2, 0.25) is 23.6 Å². The Morgan fingerprint density at radius 2 is 1.73 bits per heavy atom. The van der Waals surface area contributed by atoms with Crippen LogP contribution in [-0.2, 0) is 19.2 Å². The fraction of sp³-hybridized carbons (Fsp3) is 0.469. The van der Waals surface area contributed by atoms with Gasteiger partial charge in [-0.15, -0.1) is 0 Å². The van der Waals surface area contributed by atoms with Gasteiger partial charge in [-0.25, -0.2) is 14.2 Å². The molecule has 0 spiro atoms. The van der Waals surface area contributed by atoms with Crippen LogP contribution in [0, 0.1) is 0 Å². The van der Waals surface area contributed by atoms with Gasteiger partial charge in [-0.2, -0.15) is 0 Å². The van der Waals surface area contributed by atoms with E-state index in [1.165, 1.54) is 18.9 Å². The van der Waals surface area contributed by atoms with Crippen molar-refractivity contribution in [3.8, 4) is 0 Å². The molecule has 2 aliphatic rings. The van der Waals surface area contributed by atoms with E-state index < -0.39 is 67.1 Å². The largest absolute Gasteiger partial charge is 0.347 e. The SMILES string of the molecule is C=C(C)[C@@H]1NC(=O)CCC(F)(F)CC/C=C/c2ccc3ccc(nc3c2)[C@@H](C)NC(=O)[C@@H]2CCCN(N2)C(=O)[C@H](C)NC1=O. The Labute approximate surface area is 255 Å². The highest BCUT2D eigenvalue weighted by Crippen LogP contribution is 2.27. The average Bonchev–Trinajstić information content (AvgIpc) is 2.99. The smallest absolute Gasteiger partial charge is 0.258 e. The van der Waals surface area contributed by atoms with Crippen LogP contribution in [0.5, 0.6) is 0 Å². The quantitative estimate of drug-likeness (QED) is 0.364. The monoisotopic (exact) mass is 610 g/mol. The molecule has 1 aromatic carbocycles. The molecule has 4 N–H and O–H groups in total. The molecule has 5 bridgehead atoms. The first-order valence-corrected chi connectivity index (χ1v) is 14.9. The van der Waals surface area contributed by atoms with Crippen LogP contribution in [0.2, 0.25) is 0 Å². The Morgan fingerprint density at radius 1 is 1.00 bits per heavy atom. The van der Waals surface area contributed by atoms with Crippen LogP contribution in [0.3, 0.4) is 0 Å². The number of fused-ring (bicyclic) bond motifs is 4. The number of rotatable bonds is 1. The molecule has 2 aliphatic heterocycles. The normalized spacial score (nSPS) is 26.7. The lowest BCUT2D eigenvalue weighted by atomic mass is 10.0. The van der Waals surface area contributed by atoms with Crippen LogP contribution in [-0.4, -0.2) is 64.2 Å². The number of allylic oxidation sites excluding steroid dienone is 1. The minimum absolute atomic E-state index is 0.0954. The maximum absolute atomic E-state index is 14.6. The molecule has 1 aromatic heterocycles. The Balaban J connectivity index is 1.58. The highest BCUT2D eigenvalue weighted by atomic mass is 19.3. The summed E-state index contributed by atoms with van der Waals surface area (Å²) in [6.45, 7) is 8.90. The molecule has 236 valence electrons. The van der Waals surface area contributed by atoms with Gasteiger partial charge in [0.05, 0.1) is 17.3 Å². The number of hydrogen-bond acceptors (Lipinski definition) is 6. The van der Waals surface area contributed by atoms with Gasteiger partial charge >= 0.3 is 0 Å². The molecule has 12 heteroatoms. The Bertz CT molecular complexity index is 1460. The summed E-state index contributed by atoms with van der Waals surface area (Å²) in [5.74, 6) is -5.27. The van der Waals surface area contributed by atoms with Crippen molar-refractivity contribution in [2.24, 2.45) is 0 Å². The van der Waals surface area contributed by atoms with Gasteiger partial charge in [-0.3, -0.25) is 29.2 Å². The summed E-state index contributed by atoms with van der Waals surface area (Å²) in [5.41, 5.74) is 5.39. The Hall–Kier alpha value is -4.19. The van der Waals surface area contributed by atoms with Crippen LogP contribution in [0.15, 0.2) is 48.6 Å². The summed E-state index contributed by atoms with van der Waals surface area (Å²) in [4.78, 5) is 56.7. The standard InChI is InChI=1S/C32H40F2N6O4/c1-19(2)28-30(43)36-21(4)31(44)40-17-7-9-25(39-40)29(42)35-20(3)24-13-12-23-11-10-22(18-26(23)37-24)8-5-6-15-32(33,34)16-14-27(41)38-28/h5,8,10-13,18,20-21,25,28,39H,1,6-7,9,14-17H2,2-4H3,(H,35,42)(H,36,43)(H,38,41)/b8-5+/t20-,21+,25+,28+/m1/s1. The number of carbonyl (C=O) groups excluding carboxylic acids is 4. The molecule has 10 nitrogen and oxygen atoms in total. The zero-order chi connectivity index (χ0) is 32.0. The van der Waals surface area contributed by atoms with Crippen LogP contribution >= 0.6 is 0 Å². The van der Waals surface area contributed by atoms with Crippen molar-refractivity contribution in [2.45, 2.75) is 89.4 Å². The van der Waals surface area contributed by atoms with Crippen molar-refractivity contribution >= 4 is 40.6 Å². The van der Waals surface area contributed by atoms with Gasteiger partial charge in [-0.05, 0) is 63.3 Å². The van der Waals surface area contributed by atoms with Gasteiger partial charge in [-0.1, -0.05) is 36.9 Å². The molecule has 2 aromatic rings. The highest BCUT2D eigenvalue weighted by molar-refractivity contribution is 5.94. The first kappa shape index (κ1) is 32.7. The highest BCUT2D eigenvalue weighted by Gasteiger charge is 2.33. The van der Waals surface area contributed by atoms with Gasteiger partial charge in [0.15, 0.2) is 0 Å². The lowest BCUT2D eigenvalue weighted by Gasteiger charge is -2.35. The first-order chi connectivity index (χ1) is 20.8. The van der Waals surface area contributed by atoms with Crippen LogP contribution in [0.1, 0.15) is 76.6 Å². The number of carbonyl (C=O) groups is 4. The second-order valence-electron chi connectivity index (χ2n) is 11.6. The summed E-state index contributed by atoms with van der Waals surface area (Å²) < 4.78 is 29.2. The predicted molar refractivity (Wildman–Crippen MR) is 163 cm³/mol. The summed E-state index contributed by atoms with van der Waals surface area (Å²) in [6.07, 6.45) is 2.97. The fourth-order valence-corrected chi connectivity index (χ4v) is 5.19. The predicted octanol–water partition coefficient (Wildman–Crippen LogP) is 3.70. The number of hydrogen-bond donors (Lipinski definition) is 4. The Kier molecular flexibility index (Phi) is 10.5. The number of alkyl halides is 2. The molecule has 44 heavy (non-hydrogen) atoms. The van der Waals surface area contributed by atoms with Crippen molar-refractivity contribution in [3.63, 3.8) is 0 Å². The van der Waals surface area contributed by atoms with Crippen molar-refractivity contribution in [2.75, 3.05) is 6.54 Å². The number of pyridine rings is 1. The second kappa shape index (κ2) is 14.1. The molecule has 1 saturated heterocycles. The number of aromatic nitrogens is 1. The maximum Gasteiger partial charge on any atom is 0.258 e. The third-order valence-corrected chi connectivity index (χ3v) is 7.80. The van der Waals surface area contributed by atoms with Crippen LogP contribution in [0.4, 0.5) is 8.78 Å². The fourth-order valence-electron chi connectivity index (χ4n) is 5.19. The third kappa shape index (κ3) is 8.46. The van der Waals surface area contributed by atoms with E-state index in [2.05, 4.69) is 28.0 Å².